The number of likely N-dealkylation sites (N-methyl/N-ethyl adjacent to an activating group) is 1. The molecule has 1 aliphatic heterocycles. The van der Waals surface area contributed by atoms with E-state index in [2.05, 4.69) is 10.2 Å². The van der Waals surface area contributed by atoms with Crippen molar-refractivity contribution in [2.75, 3.05) is 40.3 Å². The third kappa shape index (κ3) is 3.33. The summed E-state index contributed by atoms with van der Waals surface area (Å²) in [5.74, 6) is -0.151. The van der Waals surface area contributed by atoms with Gasteiger partial charge in [0.1, 0.15) is 0 Å². The van der Waals surface area contributed by atoms with Gasteiger partial charge in [-0.15, -0.1) is 0 Å². The number of amides is 2. The van der Waals surface area contributed by atoms with Gasteiger partial charge in [0.05, 0.1) is 11.5 Å². The lowest BCUT2D eigenvalue weighted by Gasteiger charge is -2.22. The van der Waals surface area contributed by atoms with E-state index < -0.39 is 0 Å². The van der Waals surface area contributed by atoms with Crippen LogP contribution in [0.5, 0.6) is 0 Å². The standard InChI is InChI=1S/C13H19N3O2S/c1-14-12(17)11-7-15(2)4-5-16(8-11)13(18)10-3-6-19-9-10/h3,6,9,11H,4-5,7-8H2,1-2H3,(H,14,17). The molecule has 1 aromatic heterocycles. The highest BCUT2D eigenvalue weighted by Crippen LogP contribution is 2.14. The Labute approximate surface area is 117 Å². The summed E-state index contributed by atoms with van der Waals surface area (Å²) in [5.41, 5.74) is 0.713. The SMILES string of the molecule is CNC(=O)C1CN(C)CCN(C(=O)c2ccsc2)C1. The molecule has 0 aromatic carbocycles. The number of carbonyl (C=O) groups is 2. The summed E-state index contributed by atoms with van der Waals surface area (Å²) in [6, 6.07) is 1.83. The molecule has 0 saturated carbocycles. The van der Waals surface area contributed by atoms with Crippen LogP contribution in [0.2, 0.25) is 0 Å². The van der Waals surface area contributed by atoms with E-state index in [1.165, 1.54) is 11.3 Å². The fourth-order valence-corrected chi connectivity index (χ4v) is 2.93. The van der Waals surface area contributed by atoms with Crippen molar-refractivity contribution < 1.29 is 9.59 Å². The molecule has 0 aliphatic carbocycles. The van der Waals surface area contributed by atoms with Crippen LogP contribution in [-0.4, -0.2) is 61.9 Å². The first-order valence-corrected chi connectivity index (χ1v) is 7.27. The topological polar surface area (TPSA) is 52.7 Å². The molecule has 1 aliphatic rings. The lowest BCUT2D eigenvalue weighted by atomic mass is 10.1. The van der Waals surface area contributed by atoms with Crippen LogP contribution in [0.3, 0.4) is 0 Å². The van der Waals surface area contributed by atoms with Crippen LogP contribution < -0.4 is 5.32 Å². The zero-order valence-corrected chi connectivity index (χ0v) is 12.1. The molecule has 2 rings (SSSR count). The smallest absolute Gasteiger partial charge is 0.254 e. The summed E-state index contributed by atoms with van der Waals surface area (Å²) in [5, 5.41) is 6.43. The van der Waals surface area contributed by atoms with Crippen LogP contribution in [0, 0.1) is 5.92 Å². The van der Waals surface area contributed by atoms with Gasteiger partial charge in [0, 0.05) is 38.6 Å². The van der Waals surface area contributed by atoms with Crippen LogP contribution in [-0.2, 0) is 4.79 Å². The first kappa shape index (κ1) is 14.0. The molecular formula is C13H19N3O2S. The first-order chi connectivity index (χ1) is 9.11. The molecule has 1 fully saturated rings. The van der Waals surface area contributed by atoms with Gasteiger partial charge in [0.2, 0.25) is 5.91 Å². The van der Waals surface area contributed by atoms with E-state index >= 15 is 0 Å². The van der Waals surface area contributed by atoms with Gasteiger partial charge >= 0.3 is 0 Å². The van der Waals surface area contributed by atoms with Crippen molar-refractivity contribution in [2.45, 2.75) is 0 Å². The second-order valence-electron chi connectivity index (χ2n) is 4.84. The zero-order chi connectivity index (χ0) is 13.8. The van der Waals surface area contributed by atoms with Crippen molar-refractivity contribution in [3.8, 4) is 0 Å². The van der Waals surface area contributed by atoms with Crippen molar-refractivity contribution in [3.05, 3.63) is 22.4 Å². The van der Waals surface area contributed by atoms with E-state index in [0.717, 1.165) is 6.54 Å². The quantitative estimate of drug-likeness (QED) is 0.859. The minimum atomic E-state index is -0.167. The molecule has 0 radical (unpaired) electrons. The van der Waals surface area contributed by atoms with Crippen molar-refractivity contribution in [3.63, 3.8) is 0 Å². The van der Waals surface area contributed by atoms with Crippen molar-refractivity contribution in [2.24, 2.45) is 5.92 Å². The second-order valence-corrected chi connectivity index (χ2v) is 5.62. The molecule has 0 bridgehead atoms. The highest BCUT2D eigenvalue weighted by molar-refractivity contribution is 7.08. The van der Waals surface area contributed by atoms with Gasteiger partial charge in [-0.25, -0.2) is 0 Å². The molecule has 104 valence electrons. The summed E-state index contributed by atoms with van der Waals surface area (Å²) in [6.07, 6.45) is 0. The highest BCUT2D eigenvalue weighted by atomic mass is 32.1. The molecule has 1 atom stereocenters. The Morgan fingerprint density at radius 2 is 2.16 bits per heavy atom. The molecule has 1 N–H and O–H groups in total. The van der Waals surface area contributed by atoms with E-state index in [9.17, 15) is 9.59 Å². The summed E-state index contributed by atoms with van der Waals surface area (Å²) < 4.78 is 0. The fraction of sp³-hybridized carbons (Fsp3) is 0.538. The highest BCUT2D eigenvalue weighted by Gasteiger charge is 2.28. The van der Waals surface area contributed by atoms with Gasteiger partial charge in [0.25, 0.3) is 5.91 Å². The lowest BCUT2D eigenvalue weighted by Crippen LogP contribution is -2.41. The second kappa shape index (κ2) is 6.16. The maximum absolute atomic E-state index is 12.4. The lowest BCUT2D eigenvalue weighted by molar-refractivity contribution is -0.125. The first-order valence-electron chi connectivity index (χ1n) is 6.33. The van der Waals surface area contributed by atoms with Crippen molar-refractivity contribution in [1.82, 2.24) is 15.1 Å². The molecule has 2 amide bonds. The van der Waals surface area contributed by atoms with Crippen LogP contribution >= 0.6 is 11.3 Å². The Bertz CT molecular complexity index is 447. The van der Waals surface area contributed by atoms with Gasteiger partial charge in [0.15, 0.2) is 0 Å². The van der Waals surface area contributed by atoms with E-state index in [0.29, 0.717) is 25.2 Å². The Hall–Kier alpha value is -1.40. The molecule has 0 spiro atoms. The third-order valence-electron chi connectivity index (χ3n) is 3.40. The molecule has 1 saturated heterocycles. The van der Waals surface area contributed by atoms with E-state index in [1.807, 2.05) is 23.9 Å². The van der Waals surface area contributed by atoms with Crippen LogP contribution in [0.25, 0.3) is 0 Å². The van der Waals surface area contributed by atoms with Crippen LogP contribution in [0.1, 0.15) is 10.4 Å². The number of carbonyl (C=O) groups excluding carboxylic acids is 2. The summed E-state index contributed by atoms with van der Waals surface area (Å²) in [6.45, 7) is 2.63. The maximum Gasteiger partial charge on any atom is 0.254 e. The monoisotopic (exact) mass is 281 g/mol. The summed E-state index contributed by atoms with van der Waals surface area (Å²) in [4.78, 5) is 28.1. The molecular weight excluding hydrogens is 262 g/mol. The largest absolute Gasteiger partial charge is 0.359 e. The predicted octanol–water partition coefficient (Wildman–Crippen LogP) is 0.498. The molecule has 2 heterocycles. The predicted molar refractivity (Wildman–Crippen MR) is 75.3 cm³/mol. The summed E-state index contributed by atoms with van der Waals surface area (Å²) in [7, 11) is 3.62. The maximum atomic E-state index is 12.4. The van der Waals surface area contributed by atoms with Gasteiger partial charge < -0.3 is 15.1 Å². The summed E-state index contributed by atoms with van der Waals surface area (Å²) >= 11 is 1.51. The van der Waals surface area contributed by atoms with Crippen molar-refractivity contribution >= 4 is 23.2 Å². The van der Waals surface area contributed by atoms with Gasteiger partial charge in [-0.05, 0) is 18.5 Å². The normalized spacial score (nSPS) is 20.9. The van der Waals surface area contributed by atoms with E-state index in [4.69, 9.17) is 0 Å². The average Bonchev–Trinajstić information content (AvgIpc) is 2.87. The molecule has 1 aromatic rings. The van der Waals surface area contributed by atoms with Gasteiger partial charge in [-0.1, -0.05) is 0 Å². The number of thiophene rings is 1. The molecule has 6 heteroatoms. The van der Waals surface area contributed by atoms with Crippen LogP contribution in [0.4, 0.5) is 0 Å². The van der Waals surface area contributed by atoms with E-state index in [-0.39, 0.29) is 17.7 Å². The Morgan fingerprint density at radius 1 is 1.37 bits per heavy atom. The minimum Gasteiger partial charge on any atom is -0.359 e. The van der Waals surface area contributed by atoms with Crippen molar-refractivity contribution in [1.29, 1.82) is 0 Å². The number of hydrogen-bond acceptors (Lipinski definition) is 4. The number of hydrogen-bond donors (Lipinski definition) is 1. The van der Waals surface area contributed by atoms with Gasteiger partial charge in [-0.2, -0.15) is 11.3 Å². The zero-order valence-electron chi connectivity index (χ0n) is 11.3. The van der Waals surface area contributed by atoms with Crippen LogP contribution in [0.15, 0.2) is 16.8 Å². The Kier molecular flexibility index (Phi) is 4.55. The van der Waals surface area contributed by atoms with E-state index in [1.54, 1.807) is 11.9 Å². The molecule has 5 nitrogen and oxygen atoms in total. The molecule has 1 unspecified atom stereocenters. The Morgan fingerprint density at radius 3 is 2.79 bits per heavy atom. The van der Waals surface area contributed by atoms with Gasteiger partial charge in [-0.3, -0.25) is 9.59 Å². The third-order valence-corrected chi connectivity index (χ3v) is 4.08. The number of nitrogens with one attached hydrogen (secondary N) is 1. The average molecular weight is 281 g/mol. The minimum absolute atomic E-state index is 0.00290. The Balaban J connectivity index is 2.12. The number of nitrogens with zero attached hydrogens (tertiary/aromatic N) is 2. The fourth-order valence-electron chi connectivity index (χ4n) is 2.30. The number of rotatable bonds is 2. The molecule has 19 heavy (non-hydrogen) atoms.